The van der Waals surface area contributed by atoms with Crippen LogP contribution in [0.25, 0.3) is 5.70 Å². The molecule has 0 aliphatic carbocycles. The average Bonchev–Trinajstić information content (AvgIpc) is 2.71. The van der Waals surface area contributed by atoms with E-state index < -0.39 is 0 Å². The number of carbonyl (C=O) groups excluding carboxylic acids is 1. The number of hydrogen-bond donors (Lipinski definition) is 0. The van der Waals surface area contributed by atoms with Crippen molar-refractivity contribution in [1.29, 1.82) is 0 Å². The number of carbonyl (C=O) groups is 1. The van der Waals surface area contributed by atoms with Gasteiger partial charge in [0.1, 0.15) is 5.75 Å². The standard InChI is InChI=1S/C14H18N2O3/c1-18-13-9-15-14(19-2)8-11(13)12-6-4-3-5-7-16(12)10-17/h6,8-10H,3-5,7H2,1-2H3. The lowest BCUT2D eigenvalue weighted by Gasteiger charge is -2.21. The number of pyridine rings is 1. The number of aromatic nitrogens is 1. The second-order valence-corrected chi connectivity index (χ2v) is 4.31. The molecular weight excluding hydrogens is 244 g/mol. The SMILES string of the molecule is COc1cc(C2=CCCCCN2C=O)c(OC)cn1. The number of ether oxygens (including phenoxy) is 2. The second kappa shape index (κ2) is 6.22. The van der Waals surface area contributed by atoms with Crippen LogP contribution in [-0.4, -0.2) is 37.1 Å². The molecule has 0 saturated heterocycles. The first-order chi connectivity index (χ1) is 9.30. The van der Waals surface area contributed by atoms with E-state index >= 15 is 0 Å². The van der Waals surface area contributed by atoms with Crippen molar-refractivity contribution in [2.45, 2.75) is 19.3 Å². The molecule has 0 atom stereocenters. The summed E-state index contributed by atoms with van der Waals surface area (Å²) in [6.07, 6.45) is 7.58. The fraction of sp³-hybridized carbons (Fsp3) is 0.429. The summed E-state index contributed by atoms with van der Waals surface area (Å²) in [5.74, 6) is 1.15. The maximum atomic E-state index is 11.2. The van der Waals surface area contributed by atoms with Gasteiger partial charge in [-0.2, -0.15) is 0 Å². The minimum absolute atomic E-state index is 0.506. The third kappa shape index (κ3) is 2.86. The molecule has 1 aliphatic rings. The van der Waals surface area contributed by atoms with Crippen molar-refractivity contribution >= 4 is 12.1 Å². The lowest BCUT2D eigenvalue weighted by Crippen LogP contribution is -2.21. The third-order valence-electron chi connectivity index (χ3n) is 3.17. The molecule has 0 bridgehead atoms. The Labute approximate surface area is 112 Å². The Morgan fingerprint density at radius 2 is 2.16 bits per heavy atom. The van der Waals surface area contributed by atoms with Gasteiger partial charge >= 0.3 is 0 Å². The van der Waals surface area contributed by atoms with Crippen molar-refractivity contribution in [2.75, 3.05) is 20.8 Å². The molecule has 2 rings (SSSR count). The van der Waals surface area contributed by atoms with E-state index in [4.69, 9.17) is 9.47 Å². The zero-order valence-electron chi connectivity index (χ0n) is 11.3. The van der Waals surface area contributed by atoms with Crippen LogP contribution >= 0.6 is 0 Å². The van der Waals surface area contributed by atoms with Crippen LogP contribution in [0.15, 0.2) is 18.3 Å². The molecule has 0 aromatic carbocycles. The molecule has 0 N–H and O–H groups in total. The molecule has 0 saturated carbocycles. The van der Waals surface area contributed by atoms with E-state index in [1.165, 1.54) is 0 Å². The Morgan fingerprint density at radius 1 is 1.32 bits per heavy atom. The van der Waals surface area contributed by atoms with E-state index in [-0.39, 0.29) is 0 Å². The minimum Gasteiger partial charge on any atom is -0.494 e. The van der Waals surface area contributed by atoms with E-state index in [0.29, 0.717) is 11.6 Å². The van der Waals surface area contributed by atoms with Crippen molar-refractivity contribution in [2.24, 2.45) is 0 Å². The van der Waals surface area contributed by atoms with E-state index in [1.807, 2.05) is 0 Å². The maximum absolute atomic E-state index is 11.2. The van der Waals surface area contributed by atoms with Crippen molar-refractivity contribution in [3.63, 3.8) is 0 Å². The van der Waals surface area contributed by atoms with E-state index in [0.717, 1.165) is 43.5 Å². The van der Waals surface area contributed by atoms with Crippen LogP contribution in [0.3, 0.4) is 0 Å². The predicted octanol–water partition coefficient (Wildman–Crippen LogP) is 2.08. The summed E-state index contributed by atoms with van der Waals surface area (Å²) < 4.78 is 10.5. The largest absolute Gasteiger partial charge is 0.494 e. The highest BCUT2D eigenvalue weighted by atomic mass is 16.5. The first-order valence-corrected chi connectivity index (χ1v) is 6.30. The van der Waals surface area contributed by atoms with Gasteiger partial charge in [-0.15, -0.1) is 0 Å². The molecule has 2 heterocycles. The zero-order chi connectivity index (χ0) is 13.7. The maximum Gasteiger partial charge on any atom is 0.214 e. The monoisotopic (exact) mass is 262 g/mol. The first-order valence-electron chi connectivity index (χ1n) is 6.30. The second-order valence-electron chi connectivity index (χ2n) is 4.31. The van der Waals surface area contributed by atoms with Gasteiger partial charge in [-0.25, -0.2) is 4.98 Å². The zero-order valence-corrected chi connectivity index (χ0v) is 11.3. The molecule has 1 aromatic heterocycles. The molecule has 19 heavy (non-hydrogen) atoms. The normalized spacial score (nSPS) is 15.5. The van der Waals surface area contributed by atoms with Crippen LogP contribution in [0.2, 0.25) is 0 Å². The van der Waals surface area contributed by atoms with Crippen LogP contribution in [0, 0.1) is 0 Å². The predicted molar refractivity (Wildman–Crippen MR) is 71.9 cm³/mol. The Balaban J connectivity index is 2.47. The topological polar surface area (TPSA) is 51.7 Å². The van der Waals surface area contributed by atoms with Gasteiger partial charge in [0.05, 0.1) is 26.1 Å². The summed E-state index contributed by atoms with van der Waals surface area (Å²) in [5, 5.41) is 0. The highest BCUT2D eigenvalue weighted by molar-refractivity contribution is 5.77. The van der Waals surface area contributed by atoms with Gasteiger partial charge in [-0.05, 0) is 19.3 Å². The van der Waals surface area contributed by atoms with Crippen LogP contribution in [-0.2, 0) is 4.79 Å². The lowest BCUT2D eigenvalue weighted by molar-refractivity contribution is -0.115. The number of nitrogens with zero attached hydrogens (tertiary/aromatic N) is 2. The number of allylic oxidation sites excluding steroid dienone is 1. The fourth-order valence-electron chi connectivity index (χ4n) is 2.18. The summed E-state index contributed by atoms with van der Waals surface area (Å²) in [4.78, 5) is 17.1. The molecule has 0 spiro atoms. The van der Waals surface area contributed by atoms with Crippen LogP contribution < -0.4 is 9.47 Å². The molecule has 102 valence electrons. The quantitative estimate of drug-likeness (QED) is 0.780. The highest BCUT2D eigenvalue weighted by Gasteiger charge is 2.18. The molecular formula is C14H18N2O3. The van der Waals surface area contributed by atoms with Crippen molar-refractivity contribution in [3.8, 4) is 11.6 Å². The van der Waals surface area contributed by atoms with Gasteiger partial charge in [-0.1, -0.05) is 6.08 Å². The molecule has 1 aliphatic heterocycles. The van der Waals surface area contributed by atoms with Crippen LogP contribution in [0.1, 0.15) is 24.8 Å². The Hall–Kier alpha value is -2.04. The van der Waals surface area contributed by atoms with E-state index in [2.05, 4.69) is 11.1 Å². The summed E-state index contributed by atoms with van der Waals surface area (Å²) in [7, 11) is 3.16. The van der Waals surface area contributed by atoms with Crippen molar-refractivity contribution in [1.82, 2.24) is 9.88 Å². The Morgan fingerprint density at radius 3 is 2.84 bits per heavy atom. The van der Waals surface area contributed by atoms with Gasteiger partial charge in [0.15, 0.2) is 0 Å². The van der Waals surface area contributed by atoms with Gasteiger partial charge in [-0.3, -0.25) is 4.79 Å². The Kier molecular flexibility index (Phi) is 4.39. The first kappa shape index (κ1) is 13.4. The number of hydrogen-bond acceptors (Lipinski definition) is 4. The van der Waals surface area contributed by atoms with E-state index in [9.17, 15) is 4.79 Å². The number of amides is 1. The van der Waals surface area contributed by atoms with Crippen LogP contribution in [0.4, 0.5) is 0 Å². The summed E-state index contributed by atoms with van der Waals surface area (Å²) in [6.45, 7) is 0.725. The van der Waals surface area contributed by atoms with Crippen molar-refractivity contribution < 1.29 is 14.3 Å². The number of methoxy groups -OCH3 is 2. The molecule has 0 unspecified atom stereocenters. The molecule has 0 fully saturated rings. The lowest BCUT2D eigenvalue weighted by atomic mass is 10.1. The summed E-state index contributed by atoms with van der Waals surface area (Å²) >= 11 is 0. The number of rotatable bonds is 4. The van der Waals surface area contributed by atoms with E-state index in [1.54, 1.807) is 31.4 Å². The molecule has 1 amide bonds. The average molecular weight is 262 g/mol. The van der Waals surface area contributed by atoms with Gasteiger partial charge in [0, 0.05) is 18.2 Å². The Bertz CT molecular complexity index is 486. The molecule has 1 aromatic rings. The highest BCUT2D eigenvalue weighted by Crippen LogP contribution is 2.32. The van der Waals surface area contributed by atoms with Gasteiger partial charge in [0.25, 0.3) is 0 Å². The third-order valence-corrected chi connectivity index (χ3v) is 3.17. The molecule has 0 radical (unpaired) electrons. The van der Waals surface area contributed by atoms with Gasteiger partial charge in [0.2, 0.25) is 12.3 Å². The smallest absolute Gasteiger partial charge is 0.214 e. The summed E-state index contributed by atoms with van der Waals surface area (Å²) in [5.41, 5.74) is 1.70. The van der Waals surface area contributed by atoms with Crippen LogP contribution in [0.5, 0.6) is 11.6 Å². The van der Waals surface area contributed by atoms with Crippen molar-refractivity contribution in [3.05, 3.63) is 23.9 Å². The summed E-state index contributed by atoms with van der Waals surface area (Å²) in [6, 6.07) is 1.80. The molecule has 5 heteroatoms. The fourth-order valence-corrected chi connectivity index (χ4v) is 2.18. The minimum atomic E-state index is 0.506. The molecule has 5 nitrogen and oxygen atoms in total. The van der Waals surface area contributed by atoms with Gasteiger partial charge < -0.3 is 14.4 Å².